The first kappa shape index (κ1) is 8.93. The molecular weight excluding hydrogens is 222 g/mol. The highest BCUT2D eigenvalue weighted by atomic mass is 79.9. The second-order valence-corrected chi connectivity index (χ2v) is 3.07. The maximum absolute atomic E-state index is 9.96. The first-order valence-electron chi connectivity index (χ1n) is 3.26. The van der Waals surface area contributed by atoms with Crippen LogP contribution in [0, 0.1) is 10.1 Å². The van der Waals surface area contributed by atoms with Gasteiger partial charge in [0.15, 0.2) is 0 Å². The molecule has 0 radical (unpaired) electrons. The van der Waals surface area contributed by atoms with Crippen LogP contribution >= 0.6 is 15.9 Å². The summed E-state index contributed by atoms with van der Waals surface area (Å²) in [7, 11) is 0. The molecule has 0 spiro atoms. The van der Waals surface area contributed by atoms with E-state index in [1.165, 1.54) is 6.08 Å². The molecule has 1 aromatic rings. The average molecular weight is 228 g/mol. The summed E-state index contributed by atoms with van der Waals surface area (Å²) in [6.45, 7) is 0. The second kappa shape index (κ2) is 4.01. The third-order valence-corrected chi connectivity index (χ3v) is 1.73. The van der Waals surface area contributed by atoms with Crippen molar-refractivity contribution in [2.75, 3.05) is 0 Å². The second-order valence-electron chi connectivity index (χ2n) is 2.16. The Kier molecular flexibility index (Phi) is 2.99. The molecule has 1 rings (SSSR count). The smallest absolute Gasteiger partial charge is 0.235 e. The first-order valence-corrected chi connectivity index (χ1v) is 4.05. The zero-order chi connectivity index (χ0) is 8.97. The van der Waals surface area contributed by atoms with Crippen molar-refractivity contribution >= 4 is 22.0 Å². The number of nitro groups is 1. The van der Waals surface area contributed by atoms with Crippen molar-refractivity contribution in [3.63, 3.8) is 0 Å². The summed E-state index contributed by atoms with van der Waals surface area (Å²) in [5, 5.41) is 9.96. The average Bonchev–Trinajstić information content (AvgIpc) is 2.01. The number of nitrogens with zero attached hydrogens (tertiary/aromatic N) is 1. The van der Waals surface area contributed by atoms with Crippen LogP contribution in [0.15, 0.2) is 34.9 Å². The van der Waals surface area contributed by atoms with E-state index in [0.29, 0.717) is 0 Å². The Bertz CT molecular complexity index is 323. The molecule has 0 aliphatic heterocycles. The molecule has 0 fully saturated rings. The van der Waals surface area contributed by atoms with Gasteiger partial charge in [-0.2, -0.15) is 0 Å². The van der Waals surface area contributed by atoms with Crippen LogP contribution in [0.2, 0.25) is 0 Å². The number of rotatable bonds is 2. The monoisotopic (exact) mass is 227 g/mol. The third-order valence-electron chi connectivity index (χ3n) is 1.24. The van der Waals surface area contributed by atoms with Crippen LogP contribution in [0.3, 0.4) is 0 Å². The van der Waals surface area contributed by atoms with Crippen LogP contribution in [0.1, 0.15) is 5.56 Å². The fourth-order valence-corrected chi connectivity index (χ4v) is 1.17. The van der Waals surface area contributed by atoms with E-state index < -0.39 is 4.92 Å². The summed E-state index contributed by atoms with van der Waals surface area (Å²) >= 11 is 3.27. The van der Waals surface area contributed by atoms with E-state index >= 15 is 0 Å². The van der Waals surface area contributed by atoms with Crippen molar-refractivity contribution in [1.29, 1.82) is 0 Å². The highest BCUT2D eigenvalue weighted by molar-refractivity contribution is 9.10. The molecule has 3 nitrogen and oxygen atoms in total. The van der Waals surface area contributed by atoms with Gasteiger partial charge in [-0.3, -0.25) is 10.1 Å². The normalized spacial score (nSPS) is 10.4. The van der Waals surface area contributed by atoms with Gasteiger partial charge in [-0.05, 0) is 17.7 Å². The van der Waals surface area contributed by atoms with Crippen molar-refractivity contribution in [3.8, 4) is 0 Å². The van der Waals surface area contributed by atoms with E-state index in [-0.39, 0.29) is 0 Å². The van der Waals surface area contributed by atoms with Gasteiger partial charge in [0, 0.05) is 10.5 Å². The molecule has 0 N–H and O–H groups in total. The van der Waals surface area contributed by atoms with Gasteiger partial charge < -0.3 is 0 Å². The van der Waals surface area contributed by atoms with E-state index in [1.54, 1.807) is 12.1 Å². The van der Waals surface area contributed by atoms with Crippen molar-refractivity contribution in [3.05, 3.63) is 50.6 Å². The maximum atomic E-state index is 9.96. The molecule has 0 aliphatic carbocycles. The Labute approximate surface area is 78.0 Å². The highest BCUT2D eigenvalue weighted by Gasteiger charge is 1.90. The minimum Gasteiger partial charge on any atom is -0.259 e. The summed E-state index contributed by atoms with van der Waals surface area (Å²) in [6, 6.07) is 7.29. The van der Waals surface area contributed by atoms with Gasteiger partial charge in [-0.1, -0.05) is 28.1 Å². The molecule has 0 heterocycles. The molecule has 1 aromatic carbocycles. The lowest BCUT2D eigenvalue weighted by molar-refractivity contribution is -0.400. The van der Waals surface area contributed by atoms with Crippen LogP contribution in [0.5, 0.6) is 0 Å². The molecule has 0 aliphatic rings. The topological polar surface area (TPSA) is 43.1 Å². The maximum Gasteiger partial charge on any atom is 0.235 e. The highest BCUT2D eigenvalue weighted by Crippen LogP contribution is 2.12. The molecule has 0 saturated heterocycles. The van der Waals surface area contributed by atoms with Crippen LogP contribution in [-0.4, -0.2) is 4.92 Å². The summed E-state index contributed by atoms with van der Waals surface area (Å²) in [5.74, 6) is 0. The summed E-state index contributed by atoms with van der Waals surface area (Å²) in [6.07, 6.45) is 2.37. The Balaban J connectivity index is 2.83. The molecule has 0 unspecified atom stereocenters. The fourth-order valence-electron chi connectivity index (χ4n) is 0.757. The predicted octanol–water partition coefficient (Wildman–Crippen LogP) is 2.70. The molecule has 62 valence electrons. The van der Waals surface area contributed by atoms with Crippen molar-refractivity contribution in [2.45, 2.75) is 0 Å². The lowest BCUT2D eigenvalue weighted by Crippen LogP contribution is -1.82. The third kappa shape index (κ3) is 2.84. The SMILES string of the molecule is O=[N+]([O-])/C=C/c1cccc(Br)c1. The molecule has 0 saturated carbocycles. The lowest BCUT2D eigenvalue weighted by Gasteiger charge is -1.91. The Morgan fingerprint density at radius 3 is 2.83 bits per heavy atom. The number of benzene rings is 1. The van der Waals surface area contributed by atoms with Crippen molar-refractivity contribution in [2.24, 2.45) is 0 Å². The molecule has 4 heteroatoms. The van der Waals surface area contributed by atoms with Gasteiger partial charge in [0.25, 0.3) is 0 Å². The molecule has 12 heavy (non-hydrogen) atoms. The van der Waals surface area contributed by atoms with Crippen molar-refractivity contribution in [1.82, 2.24) is 0 Å². The molecule has 0 bridgehead atoms. The van der Waals surface area contributed by atoms with Crippen LogP contribution < -0.4 is 0 Å². The number of hydrogen-bond donors (Lipinski definition) is 0. The Morgan fingerprint density at radius 2 is 2.25 bits per heavy atom. The summed E-state index contributed by atoms with van der Waals surface area (Å²) in [5.41, 5.74) is 0.807. The van der Waals surface area contributed by atoms with Gasteiger partial charge in [0.05, 0.1) is 4.92 Å². The van der Waals surface area contributed by atoms with Gasteiger partial charge in [0.2, 0.25) is 6.20 Å². The Morgan fingerprint density at radius 1 is 1.50 bits per heavy atom. The van der Waals surface area contributed by atoms with Crippen LogP contribution in [0.25, 0.3) is 6.08 Å². The molecular formula is C8H6BrNO2. The summed E-state index contributed by atoms with van der Waals surface area (Å²) in [4.78, 5) is 9.48. The molecule has 0 amide bonds. The van der Waals surface area contributed by atoms with E-state index in [4.69, 9.17) is 0 Å². The fraction of sp³-hybridized carbons (Fsp3) is 0. The lowest BCUT2D eigenvalue weighted by atomic mass is 10.2. The molecule has 0 aromatic heterocycles. The van der Waals surface area contributed by atoms with Gasteiger partial charge in [0.1, 0.15) is 0 Å². The van der Waals surface area contributed by atoms with Crippen molar-refractivity contribution < 1.29 is 4.92 Å². The van der Waals surface area contributed by atoms with Gasteiger partial charge in [-0.25, -0.2) is 0 Å². The largest absolute Gasteiger partial charge is 0.259 e. The van der Waals surface area contributed by atoms with Crippen LogP contribution in [0.4, 0.5) is 0 Å². The van der Waals surface area contributed by atoms with E-state index in [9.17, 15) is 10.1 Å². The first-order chi connectivity index (χ1) is 5.68. The van der Waals surface area contributed by atoms with E-state index in [2.05, 4.69) is 15.9 Å². The number of halogens is 1. The zero-order valence-corrected chi connectivity index (χ0v) is 7.69. The predicted molar refractivity (Wildman–Crippen MR) is 50.2 cm³/mol. The van der Waals surface area contributed by atoms with E-state index in [0.717, 1.165) is 16.2 Å². The van der Waals surface area contributed by atoms with Gasteiger partial charge >= 0.3 is 0 Å². The standard InChI is InChI=1S/C8H6BrNO2/c9-8-3-1-2-7(6-8)4-5-10(11)12/h1-6H/b5-4+. The van der Waals surface area contributed by atoms with Gasteiger partial charge in [-0.15, -0.1) is 0 Å². The zero-order valence-electron chi connectivity index (χ0n) is 6.11. The minimum absolute atomic E-state index is 0.485. The minimum atomic E-state index is -0.485. The van der Waals surface area contributed by atoms with E-state index in [1.807, 2.05) is 12.1 Å². The quantitative estimate of drug-likeness (QED) is 0.576. The molecule has 0 atom stereocenters. The summed E-state index contributed by atoms with van der Waals surface area (Å²) < 4.78 is 0.910. The number of hydrogen-bond acceptors (Lipinski definition) is 2. The van der Waals surface area contributed by atoms with Crippen LogP contribution in [-0.2, 0) is 0 Å². The Hall–Kier alpha value is -1.16.